The number of imidazole rings is 1. The van der Waals surface area contributed by atoms with Crippen LogP contribution in [0.25, 0.3) is 22.3 Å². The van der Waals surface area contributed by atoms with Crippen molar-refractivity contribution >= 4 is 22.6 Å². The van der Waals surface area contributed by atoms with Gasteiger partial charge in [-0.2, -0.15) is 0 Å². The Labute approximate surface area is 143 Å². The fourth-order valence-electron chi connectivity index (χ4n) is 2.65. The standard InChI is InChI=1S/C19H13ClN2O2/c20-15-4-2-14(3-5-15)18-10-17(23)16-6-1-13(9-19(16)24-18)11-22-8-7-21-12-22/h1-10,12H,11H2. The second kappa shape index (κ2) is 5.98. The minimum absolute atomic E-state index is 0.0598. The van der Waals surface area contributed by atoms with E-state index in [1.54, 1.807) is 30.7 Å². The summed E-state index contributed by atoms with van der Waals surface area (Å²) in [7, 11) is 0. The van der Waals surface area contributed by atoms with Gasteiger partial charge in [0.25, 0.3) is 0 Å². The molecule has 0 aliphatic carbocycles. The monoisotopic (exact) mass is 336 g/mol. The molecular formula is C19H13ClN2O2. The minimum Gasteiger partial charge on any atom is -0.456 e. The van der Waals surface area contributed by atoms with E-state index in [-0.39, 0.29) is 5.43 Å². The van der Waals surface area contributed by atoms with E-state index in [4.69, 9.17) is 16.0 Å². The molecule has 4 rings (SSSR count). The number of nitrogens with zero attached hydrogens (tertiary/aromatic N) is 2. The lowest BCUT2D eigenvalue weighted by Crippen LogP contribution is -2.02. The number of fused-ring (bicyclic) bond motifs is 1. The minimum atomic E-state index is -0.0598. The van der Waals surface area contributed by atoms with Gasteiger partial charge in [-0.25, -0.2) is 4.98 Å². The van der Waals surface area contributed by atoms with E-state index >= 15 is 0 Å². The molecule has 0 amide bonds. The zero-order valence-corrected chi connectivity index (χ0v) is 13.4. The first kappa shape index (κ1) is 14.7. The van der Waals surface area contributed by atoms with E-state index in [2.05, 4.69) is 4.98 Å². The Hall–Kier alpha value is -2.85. The molecule has 0 aliphatic heterocycles. The molecule has 0 radical (unpaired) electrons. The average Bonchev–Trinajstić information content (AvgIpc) is 3.08. The summed E-state index contributed by atoms with van der Waals surface area (Å²) < 4.78 is 7.92. The van der Waals surface area contributed by atoms with Crippen molar-refractivity contribution in [3.8, 4) is 11.3 Å². The second-order valence-electron chi connectivity index (χ2n) is 5.55. The number of benzene rings is 2. The number of halogens is 1. The van der Waals surface area contributed by atoms with Crippen LogP contribution in [0.3, 0.4) is 0 Å². The first-order valence-electron chi connectivity index (χ1n) is 7.47. The molecule has 0 saturated carbocycles. The molecule has 24 heavy (non-hydrogen) atoms. The third-order valence-corrected chi connectivity index (χ3v) is 4.10. The summed E-state index contributed by atoms with van der Waals surface area (Å²) in [5.41, 5.74) is 2.37. The van der Waals surface area contributed by atoms with Crippen LogP contribution in [0.4, 0.5) is 0 Å². The summed E-state index contributed by atoms with van der Waals surface area (Å²) in [5, 5.41) is 1.21. The van der Waals surface area contributed by atoms with Gasteiger partial charge in [-0.1, -0.05) is 17.7 Å². The molecule has 2 aromatic heterocycles. The van der Waals surface area contributed by atoms with Crippen LogP contribution in [0.2, 0.25) is 5.02 Å². The molecule has 4 nitrogen and oxygen atoms in total. The molecule has 0 aliphatic rings. The molecule has 118 valence electrons. The van der Waals surface area contributed by atoms with Crippen LogP contribution in [0.1, 0.15) is 5.56 Å². The maximum atomic E-state index is 12.4. The normalized spacial score (nSPS) is 11.0. The van der Waals surface area contributed by atoms with Crippen LogP contribution in [0, 0.1) is 0 Å². The van der Waals surface area contributed by atoms with Gasteiger partial charge in [-0.05, 0) is 42.0 Å². The highest BCUT2D eigenvalue weighted by molar-refractivity contribution is 6.30. The van der Waals surface area contributed by atoms with Crippen molar-refractivity contribution in [3.63, 3.8) is 0 Å². The summed E-state index contributed by atoms with van der Waals surface area (Å²) in [6.45, 7) is 0.671. The Morgan fingerprint density at radius 1 is 1.08 bits per heavy atom. The smallest absolute Gasteiger partial charge is 0.193 e. The van der Waals surface area contributed by atoms with Crippen molar-refractivity contribution in [1.29, 1.82) is 0 Å². The number of hydrogen-bond donors (Lipinski definition) is 0. The maximum Gasteiger partial charge on any atom is 0.193 e. The first-order chi connectivity index (χ1) is 11.7. The van der Waals surface area contributed by atoms with Gasteiger partial charge in [0.1, 0.15) is 11.3 Å². The van der Waals surface area contributed by atoms with E-state index in [0.29, 0.717) is 28.3 Å². The summed E-state index contributed by atoms with van der Waals surface area (Å²) >= 11 is 5.91. The van der Waals surface area contributed by atoms with E-state index in [0.717, 1.165) is 11.1 Å². The molecule has 2 aromatic carbocycles. The largest absolute Gasteiger partial charge is 0.456 e. The third kappa shape index (κ3) is 2.84. The number of rotatable bonds is 3. The third-order valence-electron chi connectivity index (χ3n) is 3.85. The predicted octanol–water partition coefficient (Wildman–Crippen LogP) is 4.36. The zero-order valence-electron chi connectivity index (χ0n) is 12.6. The van der Waals surface area contributed by atoms with E-state index in [1.807, 2.05) is 35.0 Å². The van der Waals surface area contributed by atoms with Crippen molar-refractivity contribution in [2.24, 2.45) is 0 Å². The Morgan fingerprint density at radius 3 is 2.67 bits per heavy atom. The topological polar surface area (TPSA) is 48.0 Å². The molecule has 0 fully saturated rings. The van der Waals surface area contributed by atoms with Gasteiger partial charge in [0, 0.05) is 35.6 Å². The number of hydrogen-bond acceptors (Lipinski definition) is 3. The van der Waals surface area contributed by atoms with E-state index in [9.17, 15) is 4.79 Å². The lowest BCUT2D eigenvalue weighted by molar-refractivity contribution is 0.618. The molecule has 5 heteroatoms. The molecule has 0 saturated heterocycles. The SMILES string of the molecule is O=c1cc(-c2ccc(Cl)cc2)oc2cc(Cn3ccnc3)ccc12. The van der Waals surface area contributed by atoms with Crippen LogP contribution in [-0.4, -0.2) is 9.55 Å². The van der Waals surface area contributed by atoms with Gasteiger partial charge < -0.3 is 8.98 Å². The number of aromatic nitrogens is 2. The van der Waals surface area contributed by atoms with Gasteiger partial charge in [0.2, 0.25) is 0 Å². The first-order valence-corrected chi connectivity index (χ1v) is 7.85. The summed E-state index contributed by atoms with van der Waals surface area (Å²) in [6.07, 6.45) is 5.38. The van der Waals surface area contributed by atoms with Gasteiger partial charge in [-0.15, -0.1) is 0 Å². The predicted molar refractivity (Wildman–Crippen MR) is 94.3 cm³/mol. The molecule has 0 N–H and O–H groups in total. The van der Waals surface area contributed by atoms with Gasteiger partial charge in [0.05, 0.1) is 11.7 Å². The Balaban J connectivity index is 1.80. The molecule has 4 aromatic rings. The summed E-state index contributed by atoms with van der Waals surface area (Å²) in [5.74, 6) is 0.531. The lowest BCUT2D eigenvalue weighted by atomic mass is 10.1. The van der Waals surface area contributed by atoms with Crippen LogP contribution in [-0.2, 0) is 6.54 Å². The second-order valence-corrected chi connectivity index (χ2v) is 5.98. The lowest BCUT2D eigenvalue weighted by Gasteiger charge is -2.06. The van der Waals surface area contributed by atoms with Crippen molar-refractivity contribution in [2.45, 2.75) is 6.54 Å². The van der Waals surface area contributed by atoms with Crippen molar-refractivity contribution in [2.75, 3.05) is 0 Å². The van der Waals surface area contributed by atoms with Crippen LogP contribution >= 0.6 is 11.6 Å². The van der Waals surface area contributed by atoms with Gasteiger partial charge in [0.15, 0.2) is 5.43 Å². The summed E-state index contributed by atoms with van der Waals surface area (Å²) in [4.78, 5) is 16.4. The van der Waals surface area contributed by atoms with Crippen molar-refractivity contribution in [1.82, 2.24) is 9.55 Å². The van der Waals surface area contributed by atoms with E-state index in [1.165, 1.54) is 6.07 Å². The molecule has 0 spiro atoms. The fourth-order valence-corrected chi connectivity index (χ4v) is 2.77. The highest BCUT2D eigenvalue weighted by Crippen LogP contribution is 2.24. The van der Waals surface area contributed by atoms with Crippen LogP contribution < -0.4 is 5.43 Å². The summed E-state index contributed by atoms with van der Waals surface area (Å²) in [6, 6.07) is 14.4. The van der Waals surface area contributed by atoms with Crippen molar-refractivity contribution < 1.29 is 4.42 Å². The van der Waals surface area contributed by atoms with Gasteiger partial charge in [-0.3, -0.25) is 4.79 Å². The molecule has 0 atom stereocenters. The van der Waals surface area contributed by atoms with Crippen LogP contribution in [0.15, 0.2) is 76.5 Å². The Kier molecular flexibility index (Phi) is 3.67. The average molecular weight is 337 g/mol. The van der Waals surface area contributed by atoms with Gasteiger partial charge >= 0.3 is 0 Å². The molecule has 0 bridgehead atoms. The van der Waals surface area contributed by atoms with Crippen LogP contribution in [0.5, 0.6) is 0 Å². The molecule has 2 heterocycles. The highest BCUT2D eigenvalue weighted by Gasteiger charge is 2.08. The highest BCUT2D eigenvalue weighted by atomic mass is 35.5. The van der Waals surface area contributed by atoms with Crippen molar-refractivity contribution in [3.05, 3.63) is 88.1 Å². The quantitative estimate of drug-likeness (QED) is 0.558. The Morgan fingerprint density at radius 2 is 1.92 bits per heavy atom. The Bertz CT molecular complexity index is 1050. The maximum absolute atomic E-state index is 12.4. The van der Waals surface area contributed by atoms with E-state index < -0.39 is 0 Å². The molecule has 0 unspecified atom stereocenters. The molecular weight excluding hydrogens is 324 g/mol. The fraction of sp³-hybridized carbons (Fsp3) is 0.0526. The zero-order chi connectivity index (χ0) is 16.5.